The number of rotatable bonds is 8. The van der Waals surface area contributed by atoms with Gasteiger partial charge in [0.25, 0.3) is 0 Å². The van der Waals surface area contributed by atoms with E-state index in [2.05, 4.69) is 34.9 Å². The summed E-state index contributed by atoms with van der Waals surface area (Å²) in [5.41, 5.74) is 6.94. The first-order valence-corrected chi connectivity index (χ1v) is 10.2. The van der Waals surface area contributed by atoms with Gasteiger partial charge in [-0.25, -0.2) is 0 Å². The number of nitrogens with zero attached hydrogens (tertiary/aromatic N) is 1. The number of ether oxygens (including phenoxy) is 2. The lowest BCUT2D eigenvalue weighted by molar-refractivity contribution is 0.269. The Balaban J connectivity index is 1.61. The molecule has 3 aromatic carbocycles. The van der Waals surface area contributed by atoms with E-state index in [1.165, 1.54) is 5.56 Å². The zero-order valence-corrected chi connectivity index (χ0v) is 17.9. The summed E-state index contributed by atoms with van der Waals surface area (Å²) in [5, 5.41) is 7.68. The van der Waals surface area contributed by atoms with E-state index in [0.29, 0.717) is 29.8 Å². The number of hydrogen-bond acceptors (Lipinski definition) is 4. The largest absolute Gasteiger partial charge is 0.490 e. The van der Waals surface area contributed by atoms with Gasteiger partial charge in [-0.3, -0.25) is 5.43 Å². The Bertz CT molecular complexity index is 1010. The Morgan fingerprint density at radius 2 is 1.73 bits per heavy atom. The molecular weight excluding hydrogens is 394 g/mol. The van der Waals surface area contributed by atoms with Gasteiger partial charge in [-0.1, -0.05) is 42.5 Å². The molecule has 30 heavy (non-hydrogen) atoms. The summed E-state index contributed by atoms with van der Waals surface area (Å²) < 4.78 is 11.8. The molecule has 0 amide bonds. The van der Waals surface area contributed by atoms with Crippen molar-refractivity contribution in [2.45, 2.75) is 20.5 Å². The number of thiocarbonyl (C=S) groups is 1. The van der Waals surface area contributed by atoms with Gasteiger partial charge in [-0.2, -0.15) is 5.10 Å². The van der Waals surface area contributed by atoms with E-state index in [4.69, 9.17) is 21.7 Å². The summed E-state index contributed by atoms with van der Waals surface area (Å²) >= 11 is 5.25. The summed E-state index contributed by atoms with van der Waals surface area (Å²) in [4.78, 5) is 0. The van der Waals surface area contributed by atoms with Gasteiger partial charge in [-0.05, 0) is 73.1 Å². The van der Waals surface area contributed by atoms with Crippen LogP contribution in [0.1, 0.15) is 23.6 Å². The molecule has 3 aromatic rings. The molecule has 0 atom stereocenters. The van der Waals surface area contributed by atoms with Gasteiger partial charge in [0.1, 0.15) is 6.61 Å². The van der Waals surface area contributed by atoms with Crippen molar-refractivity contribution in [1.29, 1.82) is 0 Å². The smallest absolute Gasteiger partial charge is 0.191 e. The highest BCUT2D eigenvalue weighted by Gasteiger charge is 2.07. The Morgan fingerprint density at radius 1 is 0.967 bits per heavy atom. The third kappa shape index (κ3) is 6.32. The molecule has 3 rings (SSSR count). The maximum atomic E-state index is 6.00. The van der Waals surface area contributed by atoms with E-state index in [0.717, 1.165) is 16.8 Å². The summed E-state index contributed by atoms with van der Waals surface area (Å²) in [5.74, 6) is 1.38. The van der Waals surface area contributed by atoms with Crippen LogP contribution in [0, 0.1) is 6.92 Å². The van der Waals surface area contributed by atoms with Crippen LogP contribution in [-0.2, 0) is 6.61 Å². The zero-order chi connectivity index (χ0) is 21.2. The van der Waals surface area contributed by atoms with Crippen molar-refractivity contribution in [3.05, 3.63) is 89.5 Å². The molecule has 0 aromatic heterocycles. The van der Waals surface area contributed by atoms with Crippen LogP contribution in [0.2, 0.25) is 0 Å². The van der Waals surface area contributed by atoms with Gasteiger partial charge in [0.05, 0.1) is 12.8 Å². The number of aryl methyl sites for hydroxylation is 1. The van der Waals surface area contributed by atoms with E-state index in [9.17, 15) is 0 Å². The summed E-state index contributed by atoms with van der Waals surface area (Å²) in [6.07, 6.45) is 1.69. The van der Waals surface area contributed by atoms with Crippen molar-refractivity contribution in [3.63, 3.8) is 0 Å². The minimum absolute atomic E-state index is 0.417. The molecule has 0 aliphatic carbocycles. The summed E-state index contributed by atoms with van der Waals surface area (Å²) in [6.45, 7) is 5.05. The fraction of sp³-hybridized carbons (Fsp3) is 0.167. The lowest BCUT2D eigenvalue weighted by Gasteiger charge is -2.13. The second kappa shape index (κ2) is 11.0. The molecule has 0 bridgehead atoms. The molecule has 0 heterocycles. The third-order valence-corrected chi connectivity index (χ3v) is 4.52. The highest BCUT2D eigenvalue weighted by Crippen LogP contribution is 2.29. The molecule has 0 aliphatic rings. The molecule has 5 nitrogen and oxygen atoms in total. The average molecular weight is 420 g/mol. The second-order valence-electron chi connectivity index (χ2n) is 6.54. The van der Waals surface area contributed by atoms with Crippen molar-refractivity contribution >= 4 is 29.2 Å². The lowest BCUT2D eigenvalue weighted by Crippen LogP contribution is -2.23. The molecule has 0 radical (unpaired) electrons. The average Bonchev–Trinajstić information content (AvgIpc) is 2.75. The van der Waals surface area contributed by atoms with Crippen LogP contribution in [0.3, 0.4) is 0 Å². The Kier molecular flexibility index (Phi) is 7.80. The summed E-state index contributed by atoms with van der Waals surface area (Å²) in [7, 11) is 0. The normalized spacial score (nSPS) is 10.6. The van der Waals surface area contributed by atoms with Gasteiger partial charge in [-0.15, -0.1) is 0 Å². The monoisotopic (exact) mass is 419 g/mol. The topological polar surface area (TPSA) is 54.9 Å². The zero-order valence-electron chi connectivity index (χ0n) is 17.1. The quantitative estimate of drug-likeness (QED) is 0.295. The molecule has 0 fully saturated rings. The van der Waals surface area contributed by atoms with E-state index >= 15 is 0 Å². The number of para-hydroxylation sites is 1. The van der Waals surface area contributed by atoms with Crippen molar-refractivity contribution in [2.75, 3.05) is 11.9 Å². The number of hydrogen-bond donors (Lipinski definition) is 2. The molecule has 0 spiro atoms. The first-order valence-electron chi connectivity index (χ1n) is 9.75. The first kappa shape index (κ1) is 21.3. The second-order valence-corrected chi connectivity index (χ2v) is 6.95. The molecule has 0 aliphatic heterocycles. The fourth-order valence-electron chi connectivity index (χ4n) is 2.77. The van der Waals surface area contributed by atoms with Gasteiger partial charge in [0.15, 0.2) is 16.6 Å². The highest BCUT2D eigenvalue weighted by atomic mass is 32.1. The molecule has 2 N–H and O–H groups in total. The Morgan fingerprint density at radius 3 is 2.50 bits per heavy atom. The van der Waals surface area contributed by atoms with E-state index in [1.807, 2.05) is 67.6 Å². The lowest BCUT2D eigenvalue weighted by atomic mass is 10.1. The number of benzene rings is 3. The number of nitrogens with one attached hydrogen (secondary N) is 2. The van der Waals surface area contributed by atoms with E-state index in [1.54, 1.807) is 6.21 Å². The van der Waals surface area contributed by atoms with Crippen LogP contribution in [0.25, 0.3) is 0 Å². The van der Waals surface area contributed by atoms with Crippen LogP contribution < -0.4 is 20.2 Å². The molecule has 154 valence electrons. The number of hydrazone groups is 1. The Labute approximate surface area is 182 Å². The molecule has 0 saturated carbocycles. The minimum Gasteiger partial charge on any atom is -0.490 e. The first-order chi connectivity index (χ1) is 14.7. The van der Waals surface area contributed by atoms with Crippen molar-refractivity contribution in [1.82, 2.24) is 5.43 Å². The van der Waals surface area contributed by atoms with Gasteiger partial charge >= 0.3 is 0 Å². The summed E-state index contributed by atoms with van der Waals surface area (Å²) in [6, 6.07) is 23.6. The SMILES string of the molecule is CCOc1cc(/C=N/NC(=S)Nc2ccccc2)ccc1OCc1ccccc1C. The van der Waals surface area contributed by atoms with Crippen LogP contribution in [0.15, 0.2) is 77.9 Å². The van der Waals surface area contributed by atoms with Gasteiger partial charge < -0.3 is 14.8 Å². The molecule has 0 unspecified atom stereocenters. The highest BCUT2D eigenvalue weighted by molar-refractivity contribution is 7.80. The minimum atomic E-state index is 0.417. The fourth-order valence-corrected chi connectivity index (χ4v) is 2.94. The van der Waals surface area contributed by atoms with Gasteiger partial charge in [0, 0.05) is 5.69 Å². The molecule has 6 heteroatoms. The predicted molar refractivity (Wildman–Crippen MR) is 127 cm³/mol. The predicted octanol–water partition coefficient (Wildman–Crippen LogP) is 5.29. The third-order valence-electron chi connectivity index (χ3n) is 4.32. The number of anilines is 1. The van der Waals surface area contributed by atoms with Crippen LogP contribution >= 0.6 is 12.2 Å². The van der Waals surface area contributed by atoms with Crippen LogP contribution in [-0.4, -0.2) is 17.9 Å². The standard InChI is InChI=1S/C24H25N3O2S/c1-3-28-23-15-19(16-25-27-24(30)26-21-11-5-4-6-12-21)13-14-22(23)29-17-20-10-8-7-9-18(20)2/h4-16H,3,17H2,1-2H3,(H2,26,27,30)/b25-16+. The van der Waals surface area contributed by atoms with Crippen LogP contribution in [0.4, 0.5) is 5.69 Å². The van der Waals surface area contributed by atoms with Crippen molar-refractivity contribution in [2.24, 2.45) is 5.10 Å². The van der Waals surface area contributed by atoms with Gasteiger partial charge in [0.2, 0.25) is 0 Å². The van der Waals surface area contributed by atoms with E-state index in [-0.39, 0.29) is 0 Å². The van der Waals surface area contributed by atoms with E-state index < -0.39 is 0 Å². The van der Waals surface area contributed by atoms with Crippen molar-refractivity contribution < 1.29 is 9.47 Å². The van der Waals surface area contributed by atoms with Crippen LogP contribution in [0.5, 0.6) is 11.5 Å². The maximum absolute atomic E-state index is 6.00. The Hall–Kier alpha value is -3.38. The maximum Gasteiger partial charge on any atom is 0.191 e. The van der Waals surface area contributed by atoms with Crippen molar-refractivity contribution in [3.8, 4) is 11.5 Å². The molecule has 0 saturated heterocycles. The molecular formula is C24H25N3O2S.